The van der Waals surface area contributed by atoms with E-state index in [2.05, 4.69) is 0 Å². The predicted molar refractivity (Wildman–Crippen MR) is 60.5 cm³/mol. The summed E-state index contributed by atoms with van der Waals surface area (Å²) in [7, 11) is 0. The highest BCUT2D eigenvalue weighted by Crippen LogP contribution is 2.55. The van der Waals surface area contributed by atoms with Gasteiger partial charge in [-0.25, -0.2) is 0 Å². The molecule has 0 radical (unpaired) electrons. The van der Waals surface area contributed by atoms with Crippen LogP contribution in [0.2, 0.25) is 0 Å². The van der Waals surface area contributed by atoms with E-state index in [-0.39, 0.29) is 18.1 Å². The smallest absolute Gasteiger partial charge is 0.312 e. The Morgan fingerprint density at radius 3 is 2.47 bits per heavy atom. The van der Waals surface area contributed by atoms with E-state index >= 15 is 0 Å². The summed E-state index contributed by atoms with van der Waals surface area (Å²) in [6, 6.07) is 0. The summed E-state index contributed by atoms with van der Waals surface area (Å²) >= 11 is 0. The lowest BCUT2D eigenvalue weighted by Crippen LogP contribution is -2.51. The molecule has 0 aromatic carbocycles. The molecule has 5 atom stereocenters. The summed E-state index contributed by atoms with van der Waals surface area (Å²) in [6.45, 7) is 0. The molecule has 17 heavy (non-hydrogen) atoms. The van der Waals surface area contributed by atoms with Gasteiger partial charge in [0.15, 0.2) is 0 Å². The van der Waals surface area contributed by atoms with Gasteiger partial charge in [-0.2, -0.15) is 0 Å². The number of hydrogen-bond donors (Lipinski definition) is 2. The minimum absolute atomic E-state index is 0.107. The van der Waals surface area contributed by atoms with Gasteiger partial charge in [0.05, 0.1) is 18.3 Å². The van der Waals surface area contributed by atoms with E-state index in [0.29, 0.717) is 6.42 Å². The average Bonchev–Trinajstić information content (AvgIpc) is 2.89. The Kier molecular flexibility index (Phi) is 2.67. The molecule has 0 aromatic rings. The third kappa shape index (κ3) is 1.54. The lowest BCUT2D eigenvalue weighted by Gasteiger charge is -2.42. The Bertz CT molecular complexity index is 329. The van der Waals surface area contributed by atoms with Gasteiger partial charge in [-0.15, -0.1) is 0 Å². The zero-order chi connectivity index (χ0) is 12.0. The van der Waals surface area contributed by atoms with Crippen molar-refractivity contribution in [1.82, 2.24) is 0 Å². The van der Waals surface area contributed by atoms with Crippen LogP contribution < -0.4 is 0 Å². The SMILES string of the molecule is O=C(O)C1(C2CCCCC2O)CC2CCC1O2. The molecular weight excluding hydrogens is 220 g/mol. The second kappa shape index (κ2) is 3.95. The van der Waals surface area contributed by atoms with Crippen LogP contribution in [0, 0.1) is 11.3 Å². The number of carboxylic acids is 1. The molecule has 5 unspecified atom stereocenters. The Hall–Kier alpha value is -0.610. The standard InChI is InChI=1S/C13H20O4/c14-10-4-2-1-3-9(10)13(12(15)16)7-8-5-6-11(13)17-8/h8-11,14H,1-7H2,(H,15,16). The average molecular weight is 240 g/mol. The Balaban J connectivity index is 1.92. The fraction of sp³-hybridized carbons (Fsp3) is 0.923. The predicted octanol–water partition coefficient (Wildman–Crippen LogP) is 1.56. The van der Waals surface area contributed by atoms with Gasteiger partial charge in [-0.1, -0.05) is 12.8 Å². The van der Waals surface area contributed by atoms with Gasteiger partial charge >= 0.3 is 5.97 Å². The number of carboxylic acid groups (broad SMARTS) is 1. The van der Waals surface area contributed by atoms with Crippen molar-refractivity contribution in [3.05, 3.63) is 0 Å². The Labute approximate surface area is 101 Å². The van der Waals surface area contributed by atoms with Gasteiger partial charge in [0, 0.05) is 5.92 Å². The van der Waals surface area contributed by atoms with E-state index in [4.69, 9.17) is 4.74 Å². The van der Waals surface area contributed by atoms with Gasteiger partial charge in [0.25, 0.3) is 0 Å². The first-order chi connectivity index (χ1) is 8.14. The van der Waals surface area contributed by atoms with Crippen LogP contribution in [0.3, 0.4) is 0 Å². The summed E-state index contributed by atoms with van der Waals surface area (Å²) in [4.78, 5) is 11.8. The summed E-state index contributed by atoms with van der Waals surface area (Å²) in [5.41, 5.74) is -0.803. The van der Waals surface area contributed by atoms with Crippen molar-refractivity contribution >= 4 is 5.97 Å². The van der Waals surface area contributed by atoms with E-state index in [0.717, 1.165) is 38.5 Å². The molecule has 0 aromatic heterocycles. The van der Waals surface area contributed by atoms with Crippen molar-refractivity contribution in [1.29, 1.82) is 0 Å². The number of aliphatic hydroxyl groups is 1. The van der Waals surface area contributed by atoms with Crippen LogP contribution in [0.15, 0.2) is 0 Å². The van der Waals surface area contributed by atoms with Crippen LogP contribution in [0.4, 0.5) is 0 Å². The fourth-order valence-corrected chi connectivity index (χ4v) is 4.23. The summed E-state index contributed by atoms with van der Waals surface area (Å²) < 4.78 is 5.76. The highest BCUT2D eigenvalue weighted by atomic mass is 16.5. The molecule has 2 N–H and O–H groups in total. The number of aliphatic carboxylic acids is 1. The molecule has 2 heterocycles. The van der Waals surface area contributed by atoms with E-state index in [1.807, 2.05) is 0 Å². The Morgan fingerprint density at radius 1 is 1.18 bits per heavy atom. The lowest BCUT2D eigenvalue weighted by atomic mass is 9.60. The molecule has 2 saturated heterocycles. The van der Waals surface area contributed by atoms with Crippen molar-refractivity contribution in [2.24, 2.45) is 11.3 Å². The van der Waals surface area contributed by atoms with Gasteiger partial charge in [0.2, 0.25) is 0 Å². The molecule has 0 amide bonds. The number of hydrogen-bond acceptors (Lipinski definition) is 3. The van der Waals surface area contributed by atoms with Gasteiger partial charge in [-0.3, -0.25) is 4.79 Å². The molecule has 4 heteroatoms. The topological polar surface area (TPSA) is 66.8 Å². The third-order valence-corrected chi connectivity index (χ3v) is 5.04. The zero-order valence-corrected chi connectivity index (χ0v) is 9.97. The largest absolute Gasteiger partial charge is 0.481 e. The maximum absolute atomic E-state index is 11.8. The second-order valence-electron chi connectivity index (χ2n) is 5.83. The zero-order valence-electron chi connectivity index (χ0n) is 9.97. The van der Waals surface area contributed by atoms with Crippen LogP contribution in [0.25, 0.3) is 0 Å². The molecule has 2 bridgehead atoms. The van der Waals surface area contributed by atoms with Crippen molar-refractivity contribution in [3.63, 3.8) is 0 Å². The molecule has 1 saturated carbocycles. The molecule has 3 rings (SSSR count). The van der Waals surface area contributed by atoms with E-state index in [9.17, 15) is 15.0 Å². The van der Waals surface area contributed by atoms with Crippen LogP contribution in [-0.4, -0.2) is 34.5 Å². The van der Waals surface area contributed by atoms with Gasteiger partial charge < -0.3 is 14.9 Å². The van der Waals surface area contributed by atoms with Crippen LogP contribution in [0.1, 0.15) is 44.9 Å². The highest BCUT2D eigenvalue weighted by molar-refractivity contribution is 5.77. The number of carbonyl (C=O) groups is 1. The number of aliphatic hydroxyl groups excluding tert-OH is 1. The first-order valence-electron chi connectivity index (χ1n) is 6.71. The molecular formula is C13H20O4. The van der Waals surface area contributed by atoms with E-state index in [1.165, 1.54) is 0 Å². The van der Waals surface area contributed by atoms with Crippen LogP contribution in [0.5, 0.6) is 0 Å². The maximum Gasteiger partial charge on any atom is 0.312 e. The first-order valence-corrected chi connectivity index (χ1v) is 6.71. The second-order valence-corrected chi connectivity index (χ2v) is 5.83. The van der Waals surface area contributed by atoms with Crippen molar-refractivity contribution in [3.8, 4) is 0 Å². The Morgan fingerprint density at radius 2 is 1.94 bits per heavy atom. The highest BCUT2D eigenvalue weighted by Gasteiger charge is 2.62. The van der Waals surface area contributed by atoms with Crippen molar-refractivity contribution < 1.29 is 19.7 Å². The minimum atomic E-state index is -0.803. The fourth-order valence-electron chi connectivity index (χ4n) is 4.23. The molecule has 3 aliphatic rings. The quantitative estimate of drug-likeness (QED) is 0.768. The molecule has 2 aliphatic heterocycles. The molecule has 0 spiro atoms. The molecule has 1 aliphatic carbocycles. The first kappa shape index (κ1) is 11.5. The van der Waals surface area contributed by atoms with Crippen LogP contribution in [-0.2, 0) is 9.53 Å². The number of rotatable bonds is 2. The monoisotopic (exact) mass is 240 g/mol. The number of fused-ring (bicyclic) bond motifs is 2. The molecule has 4 nitrogen and oxygen atoms in total. The number of ether oxygens (including phenoxy) is 1. The van der Waals surface area contributed by atoms with E-state index in [1.54, 1.807) is 0 Å². The van der Waals surface area contributed by atoms with Gasteiger partial charge in [-0.05, 0) is 32.1 Å². The van der Waals surface area contributed by atoms with Crippen molar-refractivity contribution in [2.75, 3.05) is 0 Å². The summed E-state index contributed by atoms with van der Waals surface area (Å²) in [6.07, 6.45) is 5.57. The lowest BCUT2D eigenvalue weighted by molar-refractivity contribution is -0.163. The minimum Gasteiger partial charge on any atom is -0.481 e. The summed E-state index contributed by atoms with van der Waals surface area (Å²) in [5.74, 6) is -0.861. The normalized spacial score (nSPS) is 49.5. The maximum atomic E-state index is 11.8. The molecule has 96 valence electrons. The van der Waals surface area contributed by atoms with Crippen LogP contribution >= 0.6 is 0 Å². The summed E-state index contributed by atoms with van der Waals surface area (Å²) in [5, 5.41) is 19.8. The third-order valence-electron chi connectivity index (χ3n) is 5.04. The van der Waals surface area contributed by atoms with E-state index < -0.39 is 17.5 Å². The van der Waals surface area contributed by atoms with Gasteiger partial charge in [0.1, 0.15) is 5.41 Å². The van der Waals surface area contributed by atoms with Crippen molar-refractivity contribution in [2.45, 2.75) is 63.3 Å². The molecule has 3 fully saturated rings.